The van der Waals surface area contributed by atoms with Crippen LogP contribution in [0.2, 0.25) is 0 Å². The topological polar surface area (TPSA) is 87.3 Å². The average Bonchev–Trinajstić information content (AvgIpc) is 2.61. The number of rotatable bonds is 5. The van der Waals surface area contributed by atoms with Crippen molar-refractivity contribution >= 4 is 21.7 Å². The van der Waals surface area contributed by atoms with E-state index in [0.29, 0.717) is 5.56 Å². The summed E-state index contributed by atoms with van der Waals surface area (Å²) in [5, 5.41) is 4.94. The summed E-state index contributed by atoms with van der Waals surface area (Å²) in [5.74, 6) is 0. The van der Waals surface area contributed by atoms with Crippen molar-refractivity contribution in [1.82, 2.24) is 10.0 Å². The van der Waals surface area contributed by atoms with E-state index in [1.54, 1.807) is 6.92 Å². The second-order valence-corrected chi connectivity index (χ2v) is 7.58. The summed E-state index contributed by atoms with van der Waals surface area (Å²) in [6.45, 7) is 1.56. The van der Waals surface area contributed by atoms with Crippen molar-refractivity contribution in [2.45, 2.75) is 24.5 Å². The zero-order valence-corrected chi connectivity index (χ0v) is 15.3. The number of benzene rings is 2. The number of carbonyl (C=O) groups is 1. The number of urea groups is 1. The van der Waals surface area contributed by atoms with E-state index in [4.69, 9.17) is 0 Å². The maximum absolute atomic E-state index is 12.7. The Hall–Kier alpha value is -2.59. The Morgan fingerprint density at radius 3 is 2.44 bits per heavy atom. The van der Waals surface area contributed by atoms with Gasteiger partial charge in [0, 0.05) is 12.2 Å². The molecule has 0 heterocycles. The van der Waals surface area contributed by atoms with E-state index in [9.17, 15) is 26.4 Å². The number of alkyl halides is 3. The van der Waals surface area contributed by atoms with Crippen molar-refractivity contribution in [1.29, 1.82) is 0 Å². The molecule has 6 nitrogen and oxygen atoms in total. The lowest BCUT2D eigenvalue weighted by atomic mass is 10.1. The number of amides is 2. The van der Waals surface area contributed by atoms with E-state index in [1.807, 2.05) is 0 Å². The van der Waals surface area contributed by atoms with Gasteiger partial charge in [-0.05, 0) is 49.4 Å². The van der Waals surface area contributed by atoms with Crippen LogP contribution in [0.4, 0.5) is 23.7 Å². The first-order valence-corrected chi connectivity index (χ1v) is 9.26. The molecule has 0 saturated heterocycles. The Labute approximate surface area is 154 Å². The highest BCUT2D eigenvalue weighted by Gasteiger charge is 2.30. The first-order valence-electron chi connectivity index (χ1n) is 7.78. The summed E-state index contributed by atoms with van der Waals surface area (Å²) < 4.78 is 64.0. The fourth-order valence-electron chi connectivity index (χ4n) is 2.23. The predicted molar refractivity (Wildman–Crippen MR) is 94.7 cm³/mol. The molecule has 2 aromatic rings. The van der Waals surface area contributed by atoms with Crippen LogP contribution in [-0.2, 0) is 22.7 Å². The van der Waals surface area contributed by atoms with E-state index >= 15 is 0 Å². The number of hydrogen-bond donors (Lipinski definition) is 3. The van der Waals surface area contributed by atoms with Gasteiger partial charge in [-0.2, -0.15) is 13.2 Å². The van der Waals surface area contributed by atoms with Crippen molar-refractivity contribution in [3.05, 3.63) is 59.2 Å². The quantitative estimate of drug-likeness (QED) is 0.719. The number of halogens is 3. The zero-order valence-electron chi connectivity index (χ0n) is 14.5. The molecule has 2 amide bonds. The number of carbonyl (C=O) groups excluding carboxylic acids is 1. The molecule has 0 spiro atoms. The molecule has 0 aliphatic heterocycles. The van der Waals surface area contributed by atoms with Gasteiger partial charge in [0.05, 0.1) is 10.5 Å². The van der Waals surface area contributed by atoms with E-state index in [-0.39, 0.29) is 22.7 Å². The monoisotopic (exact) mass is 401 g/mol. The normalized spacial score (nSPS) is 11.9. The number of anilines is 1. The van der Waals surface area contributed by atoms with Crippen LogP contribution in [-0.4, -0.2) is 21.5 Å². The van der Waals surface area contributed by atoms with Gasteiger partial charge in [0.25, 0.3) is 0 Å². The molecule has 2 aromatic carbocycles. The van der Waals surface area contributed by atoms with E-state index in [0.717, 1.165) is 12.1 Å². The third kappa shape index (κ3) is 5.44. The first-order chi connectivity index (χ1) is 12.5. The molecule has 0 aliphatic rings. The van der Waals surface area contributed by atoms with Gasteiger partial charge in [-0.15, -0.1) is 0 Å². The lowest BCUT2D eigenvalue weighted by Gasteiger charge is -2.13. The molecule has 0 aromatic heterocycles. The predicted octanol–water partition coefficient (Wildman–Crippen LogP) is 3.24. The van der Waals surface area contributed by atoms with Crippen LogP contribution < -0.4 is 15.4 Å². The zero-order chi connectivity index (χ0) is 20.2. The maximum atomic E-state index is 12.7. The van der Waals surface area contributed by atoms with Gasteiger partial charge in [0.1, 0.15) is 0 Å². The van der Waals surface area contributed by atoms with Gasteiger partial charge in [0.2, 0.25) is 10.0 Å². The first kappa shape index (κ1) is 20.7. The van der Waals surface area contributed by atoms with Gasteiger partial charge in [-0.3, -0.25) is 0 Å². The van der Waals surface area contributed by atoms with Crippen molar-refractivity contribution < 1.29 is 26.4 Å². The molecule has 0 radical (unpaired) electrons. The molecule has 3 N–H and O–H groups in total. The van der Waals surface area contributed by atoms with Gasteiger partial charge in [-0.25, -0.2) is 17.9 Å². The molecule has 146 valence electrons. The van der Waals surface area contributed by atoms with Gasteiger partial charge in [-0.1, -0.05) is 18.2 Å². The third-order valence-electron chi connectivity index (χ3n) is 3.74. The Morgan fingerprint density at radius 2 is 1.81 bits per heavy atom. The lowest BCUT2D eigenvalue weighted by molar-refractivity contribution is -0.137. The second-order valence-electron chi connectivity index (χ2n) is 5.69. The maximum Gasteiger partial charge on any atom is 0.416 e. The van der Waals surface area contributed by atoms with Gasteiger partial charge < -0.3 is 10.6 Å². The third-order valence-corrected chi connectivity index (χ3v) is 5.16. The highest BCUT2D eigenvalue weighted by Crippen LogP contribution is 2.29. The Balaban J connectivity index is 2.08. The molecule has 0 bridgehead atoms. The Kier molecular flexibility index (Phi) is 6.11. The van der Waals surface area contributed by atoms with E-state index in [2.05, 4.69) is 15.4 Å². The molecular weight excluding hydrogens is 383 g/mol. The van der Waals surface area contributed by atoms with E-state index < -0.39 is 27.8 Å². The minimum atomic E-state index is -4.46. The standard InChI is InChI=1S/C17H18F3N3O3S/c1-11-6-7-14(27(25,26)21-2)9-15(11)23-16(24)22-10-12-4-3-5-13(8-12)17(18,19)20/h3-9,21H,10H2,1-2H3,(H2,22,23,24). The number of nitrogens with one attached hydrogen (secondary N) is 3. The van der Waals surface area contributed by atoms with E-state index in [1.165, 1.54) is 37.4 Å². The summed E-state index contributed by atoms with van der Waals surface area (Å²) in [6.07, 6.45) is -4.46. The molecule has 27 heavy (non-hydrogen) atoms. The molecule has 0 aliphatic carbocycles. The molecular formula is C17H18F3N3O3S. The average molecular weight is 401 g/mol. The van der Waals surface area contributed by atoms with Crippen molar-refractivity contribution in [3.63, 3.8) is 0 Å². The fourth-order valence-corrected chi connectivity index (χ4v) is 2.98. The smallest absolute Gasteiger partial charge is 0.334 e. The molecule has 0 saturated carbocycles. The molecule has 0 atom stereocenters. The number of sulfonamides is 1. The number of aryl methyl sites for hydroxylation is 1. The summed E-state index contributed by atoms with van der Waals surface area (Å²) in [4.78, 5) is 12.0. The summed E-state index contributed by atoms with van der Waals surface area (Å²) in [5.41, 5.74) is 0.373. The van der Waals surface area contributed by atoms with Crippen LogP contribution in [0.15, 0.2) is 47.4 Å². The van der Waals surface area contributed by atoms with Gasteiger partial charge in [0.15, 0.2) is 0 Å². The largest absolute Gasteiger partial charge is 0.416 e. The van der Waals surface area contributed by atoms with Crippen LogP contribution in [0.25, 0.3) is 0 Å². The Bertz CT molecular complexity index is 944. The Morgan fingerprint density at radius 1 is 1.11 bits per heavy atom. The van der Waals surface area contributed by atoms with Crippen LogP contribution in [0.1, 0.15) is 16.7 Å². The van der Waals surface area contributed by atoms with Crippen LogP contribution in [0, 0.1) is 6.92 Å². The summed E-state index contributed by atoms with van der Waals surface area (Å²) in [6, 6.07) is 8.17. The lowest BCUT2D eigenvalue weighted by Crippen LogP contribution is -2.28. The minimum absolute atomic E-state index is 0.0243. The molecule has 0 fully saturated rings. The SMILES string of the molecule is CNS(=O)(=O)c1ccc(C)c(NC(=O)NCc2cccc(C(F)(F)F)c2)c1. The highest BCUT2D eigenvalue weighted by atomic mass is 32.2. The van der Waals surface area contributed by atoms with Crippen LogP contribution in [0.3, 0.4) is 0 Å². The minimum Gasteiger partial charge on any atom is -0.334 e. The van der Waals surface area contributed by atoms with Crippen LogP contribution in [0.5, 0.6) is 0 Å². The summed E-state index contributed by atoms with van der Waals surface area (Å²) in [7, 11) is -2.41. The summed E-state index contributed by atoms with van der Waals surface area (Å²) >= 11 is 0. The van der Waals surface area contributed by atoms with Crippen molar-refractivity contribution in [3.8, 4) is 0 Å². The molecule has 0 unspecified atom stereocenters. The molecule has 10 heteroatoms. The fraction of sp³-hybridized carbons (Fsp3) is 0.235. The second kappa shape index (κ2) is 7.97. The highest BCUT2D eigenvalue weighted by molar-refractivity contribution is 7.89. The van der Waals surface area contributed by atoms with Gasteiger partial charge >= 0.3 is 12.2 Å². The van der Waals surface area contributed by atoms with Crippen molar-refractivity contribution in [2.24, 2.45) is 0 Å². The molecule has 2 rings (SSSR count). The van der Waals surface area contributed by atoms with Crippen molar-refractivity contribution in [2.75, 3.05) is 12.4 Å². The number of hydrogen-bond acceptors (Lipinski definition) is 3. The van der Waals surface area contributed by atoms with Crippen LogP contribution >= 0.6 is 0 Å².